The Hall–Kier alpha value is -1.13. The fraction of sp³-hybridized carbons (Fsp3) is 0.462. The zero-order valence-electron chi connectivity index (χ0n) is 10.3. The van der Waals surface area contributed by atoms with Crippen molar-refractivity contribution in [1.29, 1.82) is 0 Å². The molecule has 1 aliphatic heterocycles. The van der Waals surface area contributed by atoms with Crippen LogP contribution in [0.25, 0.3) is 0 Å². The van der Waals surface area contributed by atoms with Crippen LogP contribution in [0.2, 0.25) is 0 Å². The third-order valence-corrected chi connectivity index (χ3v) is 2.94. The van der Waals surface area contributed by atoms with Crippen LogP contribution in [-0.4, -0.2) is 25.0 Å². The molecule has 5 heteroatoms. The molecular formula is C13H18ClFN2O. The summed E-state index contributed by atoms with van der Waals surface area (Å²) in [4.78, 5) is 11.9. The van der Waals surface area contributed by atoms with Crippen molar-refractivity contribution < 1.29 is 9.18 Å². The number of carbonyl (C=O) groups excluding carboxylic acids is 1. The van der Waals surface area contributed by atoms with Crippen LogP contribution in [0.5, 0.6) is 0 Å². The van der Waals surface area contributed by atoms with Crippen molar-refractivity contribution in [2.45, 2.75) is 25.8 Å². The summed E-state index contributed by atoms with van der Waals surface area (Å²) in [7, 11) is 0. The molecule has 1 saturated heterocycles. The number of amides is 1. The van der Waals surface area contributed by atoms with Crippen molar-refractivity contribution in [2.24, 2.45) is 0 Å². The Labute approximate surface area is 113 Å². The van der Waals surface area contributed by atoms with E-state index in [1.54, 1.807) is 13.0 Å². The van der Waals surface area contributed by atoms with Crippen molar-refractivity contribution in [3.05, 3.63) is 35.1 Å². The third kappa shape index (κ3) is 3.96. The van der Waals surface area contributed by atoms with E-state index in [1.807, 2.05) is 0 Å². The van der Waals surface area contributed by atoms with Gasteiger partial charge in [0.25, 0.3) is 5.91 Å². The van der Waals surface area contributed by atoms with E-state index in [0.29, 0.717) is 5.56 Å². The van der Waals surface area contributed by atoms with E-state index in [1.165, 1.54) is 12.1 Å². The lowest BCUT2D eigenvalue weighted by atomic mass is 10.1. The Morgan fingerprint density at radius 3 is 2.83 bits per heavy atom. The van der Waals surface area contributed by atoms with Gasteiger partial charge in [0.05, 0.1) is 0 Å². The topological polar surface area (TPSA) is 41.1 Å². The summed E-state index contributed by atoms with van der Waals surface area (Å²) in [6.45, 7) is 3.58. The quantitative estimate of drug-likeness (QED) is 0.865. The fourth-order valence-corrected chi connectivity index (χ4v) is 2.11. The molecule has 0 aliphatic carbocycles. The Balaban J connectivity index is 0.00000162. The summed E-state index contributed by atoms with van der Waals surface area (Å²) in [5, 5.41) is 6.15. The van der Waals surface area contributed by atoms with Gasteiger partial charge in [0.1, 0.15) is 5.82 Å². The molecule has 1 heterocycles. The first-order valence-corrected chi connectivity index (χ1v) is 5.94. The van der Waals surface area contributed by atoms with E-state index in [4.69, 9.17) is 0 Å². The summed E-state index contributed by atoms with van der Waals surface area (Å²) in [6.07, 6.45) is 2.04. The van der Waals surface area contributed by atoms with E-state index in [-0.39, 0.29) is 30.2 Å². The van der Waals surface area contributed by atoms with Gasteiger partial charge >= 0.3 is 0 Å². The van der Waals surface area contributed by atoms with Gasteiger partial charge in [-0.15, -0.1) is 12.4 Å². The summed E-state index contributed by atoms with van der Waals surface area (Å²) in [5.74, 6) is -0.557. The lowest BCUT2D eigenvalue weighted by molar-refractivity contribution is 0.0930. The first-order valence-electron chi connectivity index (χ1n) is 5.94. The highest BCUT2D eigenvalue weighted by Gasteiger charge is 2.16. The average molecular weight is 273 g/mol. The maximum Gasteiger partial charge on any atom is 0.251 e. The van der Waals surface area contributed by atoms with Crippen molar-refractivity contribution >= 4 is 18.3 Å². The minimum absolute atomic E-state index is 0. The number of benzene rings is 1. The molecule has 18 heavy (non-hydrogen) atoms. The second-order valence-electron chi connectivity index (χ2n) is 4.53. The lowest BCUT2D eigenvalue weighted by Gasteiger charge is -2.23. The third-order valence-electron chi connectivity index (χ3n) is 2.94. The maximum absolute atomic E-state index is 13.2. The van der Waals surface area contributed by atoms with E-state index < -0.39 is 0 Å². The summed E-state index contributed by atoms with van der Waals surface area (Å²) in [5.41, 5.74) is 1.16. The fourth-order valence-electron chi connectivity index (χ4n) is 2.11. The number of nitrogens with one attached hydrogen (secondary N) is 2. The molecule has 0 spiro atoms. The molecule has 0 bridgehead atoms. The largest absolute Gasteiger partial charge is 0.348 e. The molecule has 1 aromatic rings. The lowest BCUT2D eigenvalue weighted by Crippen LogP contribution is -2.45. The molecule has 1 unspecified atom stereocenters. The Kier molecular flexibility index (Phi) is 5.56. The SMILES string of the molecule is Cc1cc(F)cc(C(=O)NC2CCCNC2)c1.Cl. The highest BCUT2D eigenvalue weighted by Crippen LogP contribution is 2.09. The second-order valence-corrected chi connectivity index (χ2v) is 4.53. The second kappa shape index (κ2) is 6.71. The molecule has 1 aromatic carbocycles. The molecule has 1 amide bonds. The first-order chi connectivity index (χ1) is 8.15. The number of hydrogen-bond acceptors (Lipinski definition) is 2. The van der Waals surface area contributed by atoms with Gasteiger partial charge in [0, 0.05) is 18.2 Å². The predicted octanol–water partition coefficient (Wildman–Crippen LogP) is 2.04. The maximum atomic E-state index is 13.2. The van der Waals surface area contributed by atoms with Gasteiger partial charge in [0.15, 0.2) is 0 Å². The van der Waals surface area contributed by atoms with Crippen molar-refractivity contribution in [3.8, 4) is 0 Å². The smallest absolute Gasteiger partial charge is 0.251 e. The van der Waals surface area contributed by atoms with E-state index in [2.05, 4.69) is 10.6 Å². The van der Waals surface area contributed by atoms with Crippen molar-refractivity contribution in [1.82, 2.24) is 10.6 Å². The molecule has 3 nitrogen and oxygen atoms in total. The molecule has 2 rings (SSSR count). The number of halogens is 2. The number of rotatable bonds is 2. The zero-order valence-corrected chi connectivity index (χ0v) is 11.1. The van der Waals surface area contributed by atoms with Crippen LogP contribution < -0.4 is 10.6 Å². The normalized spacial score (nSPS) is 18.9. The molecule has 0 radical (unpaired) electrons. The van der Waals surface area contributed by atoms with Crippen LogP contribution in [0.15, 0.2) is 18.2 Å². The summed E-state index contributed by atoms with van der Waals surface area (Å²) in [6, 6.07) is 4.55. The van der Waals surface area contributed by atoms with Gasteiger partial charge in [-0.2, -0.15) is 0 Å². The molecule has 0 aromatic heterocycles. The highest BCUT2D eigenvalue weighted by molar-refractivity contribution is 5.94. The van der Waals surface area contributed by atoms with Gasteiger partial charge in [-0.25, -0.2) is 4.39 Å². The van der Waals surface area contributed by atoms with Crippen LogP contribution in [0.4, 0.5) is 4.39 Å². The average Bonchev–Trinajstić information content (AvgIpc) is 2.29. The number of aryl methyl sites for hydroxylation is 1. The van der Waals surface area contributed by atoms with Crippen LogP contribution in [0.1, 0.15) is 28.8 Å². The molecule has 100 valence electrons. The van der Waals surface area contributed by atoms with Crippen molar-refractivity contribution in [3.63, 3.8) is 0 Å². The van der Waals surface area contributed by atoms with Crippen LogP contribution in [-0.2, 0) is 0 Å². The molecule has 1 aliphatic rings. The van der Waals surface area contributed by atoms with E-state index >= 15 is 0 Å². The summed E-state index contributed by atoms with van der Waals surface area (Å²) < 4.78 is 13.2. The standard InChI is InChI=1S/C13H17FN2O.ClH/c1-9-5-10(7-11(14)6-9)13(17)16-12-3-2-4-15-8-12;/h5-7,12,15H,2-4,8H2,1H3,(H,16,17);1H. The number of piperidine rings is 1. The Morgan fingerprint density at radius 2 is 2.22 bits per heavy atom. The first kappa shape index (κ1) is 14.9. The van der Waals surface area contributed by atoms with Crippen LogP contribution >= 0.6 is 12.4 Å². The molecule has 0 saturated carbocycles. The zero-order chi connectivity index (χ0) is 12.3. The molecular weight excluding hydrogens is 255 g/mol. The highest BCUT2D eigenvalue weighted by atomic mass is 35.5. The summed E-state index contributed by atoms with van der Waals surface area (Å²) >= 11 is 0. The van der Waals surface area contributed by atoms with Crippen LogP contribution in [0.3, 0.4) is 0 Å². The monoisotopic (exact) mass is 272 g/mol. The predicted molar refractivity (Wildman–Crippen MR) is 71.7 cm³/mol. The number of hydrogen-bond donors (Lipinski definition) is 2. The van der Waals surface area contributed by atoms with Crippen LogP contribution in [0, 0.1) is 12.7 Å². The minimum Gasteiger partial charge on any atom is -0.348 e. The molecule has 1 atom stereocenters. The molecule has 1 fully saturated rings. The Morgan fingerprint density at radius 1 is 1.44 bits per heavy atom. The van der Waals surface area contributed by atoms with Gasteiger partial charge in [-0.3, -0.25) is 4.79 Å². The number of carbonyl (C=O) groups is 1. The van der Waals surface area contributed by atoms with Crippen molar-refractivity contribution in [2.75, 3.05) is 13.1 Å². The van der Waals surface area contributed by atoms with Gasteiger partial charge in [-0.05, 0) is 50.1 Å². The minimum atomic E-state index is -0.364. The van der Waals surface area contributed by atoms with E-state index in [0.717, 1.165) is 31.5 Å². The van der Waals surface area contributed by atoms with Gasteiger partial charge in [-0.1, -0.05) is 0 Å². The van der Waals surface area contributed by atoms with Gasteiger partial charge in [0.2, 0.25) is 0 Å². The molecule has 2 N–H and O–H groups in total. The Bertz CT molecular complexity index is 399. The van der Waals surface area contributed by atoms with E-state index in [9.17, 15) is 9.18 Å². The van der Waals surface area contributed by atoms with Gasteiger partial charge < -0.3 is 10.6 Å².